The van der Waals surface area contributed by atoms with Gasteiger partial charge in [-0.05, 0) is 99.5 Å². The lowest BCUT2D eigenvalue weighted by Gasteiger charge is -2.16. The van der Waals surface area contributed by atoms with Crippen LogP contribution in [0.15, 0.2) is 119 Å². The first-order valence-corrected chi connectivity index (χ1v) is 18.6. The molecule has 6 rings (SSSR count). The molecule has 0 fully saturated rings. The monoisotopic (exact) mass is 810 g/mol. The van der Waals surface area contributed by atoms with Crippen molar-refractivity contribution in [2.75, 3.05) is 17.7 Å². The molecule has 0 radical (unpaired) electrons. The Morgan fingerprint density at radius 3 is 1.33 bits per heavy atom. The van der Waals surface area contributed by atoms with Crippen molar-refractivity contribution in [1.82, 2.24) is 9.13 Å². The van der Waals surface area contributed by atoms with Gasteiger partial charge in [-0.2, -0.15) is 0 Å². The van der Waals surface area contributed by atoms with Gasteiger partial charge in [0.1, 0.15) is 12.1 Å². The maximum Gasteiger partial charge on any atom is 0.328 e. The molecule has 4 aromatic carbocycles. The average molecular weight is 812 g/mol. The van der Waals surface area contributed by atoms with Crippen molar-refractivity contribution in [3.8, 4) is 0 Å². The number of methoxy groups -OCH3 is 1. The highest BCUT2D eigenvalue weighted by Gasteiger charge is 2.21. The molecule has 0 saturated heterocycles. The number of hydrogen-bond donors (Lipinski definition) is 3. The van der Waals surface area contributed by atoms with Crippen molar-refractivity contribution in [1.29, 1.82) is 0 Å². The Labute approximate surface area is 337 Å². The summed E-state index contributed by atoms with van der Waals surface area (Å²) in [5.41, 5.74) is 1.93. The van der Waals surface area contributed by atoms with Crippen LogP contribution in [-0.2, 0) is 23.9 Å². The molecule has 12 nitrogen and oxygen atoms in total. The zero-order valence-electron chi connectivity index (χ0n) is 31.7. The molecule has 14 heteroatoms. The summed E-state index contributed by atoms with van der Waals surface area (Å²) in [6.45, 7) is 6.62. The standard InChI is InChI=1S/C22H21ClN2O4.C21H19ClN2O4/c1-13(15-7-9-16(23)10-8-15)20(26)24-19-6-4-5-18-17(19)11-12-25(21(18)27)14(2)22(28)29-3;1-12(14-6-8-15(22)9-7-14)19(25)23-18-5-3-4-17-16(18)10-11-24(20(17)26)13(2)21(27)28/h4-14H,1-3H3,(H,24,26);3-13H,1-2H3,(H,23,25)(H,27,28)/t13-,14+;12-,13+/m00/s1. The third-order valence-corrected chi connectivity index (χ3v) is 10.2. The van der Waals surface area contributed by atoms with Crippen LogP contribution in [0, 0.1) is 0 Å². The van der Waals surface area contributed by atoms with Crippen LogP contribution < -0.4 is 21.8 Å². The first kappa shape index (κ1) is 41.9. The van der Waals surface area contributed by atoms with Gasteiger partial charge in [0.05, 0.1) is 18.9 Å². The number of aliphatic carboxylic acids is 1. The minimum Gasteiger partial charge on any atom is -0.480 e. The Morgan fingerprint density at radius 1 is 0.579 bits per heavy atom. The van der Waals surface area contributed by atoms with Gasteiger partial charge in [-0.1, -0.05) is 59.6 Å². The molecule has 0 aliphatic rings. The normalized spacial score (nSPS) is 13.0. The molecule has 0 aliphatic heterocycles. The molecule has 0 unspecified atom stereocenters. The maximum atomic E-state index is 12.8. The molecule has 6 aromatic rings. The Kier molecular flexibility index (Phi) is 13.3. The molecule has 2 heterocycles. The number of nitrogens with zero attached hydrogens (tertiary/aromatic N) is 2. The second-order valence-electron chi connectivity index (χ2n) is 13.3. The number of hydrogen-bond acceptors (Lipinski definition) is 7. The van der Waals surface area contributed by atoms with E-state index in [4.69, 9.17) is 33.0 Å². The molecular weight excluding hydrogens is 771 g/mol. The van der Waals surface area contributed by atoms with Gasteiger partial charge in [0.2, 0.25) is 11.8 Å². The molecule has 0 bridgehead atoms. The summed E-state index contributed by atoms with van der Waals surface area (Å²) in [6.07, 6.45) is 2.96. The number of carbonyl (C=O) groups is 4. The summed E-state index contributed by atoms with van der Waals surface area (Å²) in [6, 6.07) is 25.8. The number of pyridine rings is 2. The van der Waals surface area contributed by atoms with E-state index in [0.717, 1.165) is 15.7 Å². The fourth-order valence-electron chi connectivity index (χ4n) is 6.10. The van der Waals surface area contributed by atoms with E-state index in [1.807, 2.05) is 12.1 Å². The van der Waals surface area contributed by atoms with E-state index in [1.54, 1.807) is 106 Å². The summed E-state index contributed by atoms with van der Waals surface area (Å²) in [5.74, 6) is -2.85. The van der Waals surface area contributed by atoms with E-state index in [2.05, 4.69) is 10.6 Å². The van der Waals surface area contributed by atoms with Gasteiger partial charge in [-0.15, -0.1) is 0 Å². The van der Waals surface area contributed by atoms with Crippen molar-refractivity contribution in [2.45, 2.75) is 51.6 Å². The highest BCUT2D eigenvalue weighted by molar-refractivity contribution is 6.30. The molecule has 57 heavy (non-hydrogen) atoms. The minimum atomic E-state index is -1.09. The van der Waals surface area contributed by atoms with Crippen LogP contribution in [0.2, 0.25) is 10.0 Å². The van der Waals surface area contributed by atoms with Gasteiger partial charge < -0.3 is 29.6 Å². The number of ether oxygens (including phenoxy) is 1. The molecule has 294 valence electrons. The van der Waals surface area contributed by atoms with Gasteiger partial charge in [0.25, 0.3) is 11.1 Å². The molecule has 2 amide bonds. The summed E-state index contributed by atoms with van der Waals surface area (Å²) in [5, 5.41) is 18.0. The van der Waals surface area contributed by atoms with Gasteiger partial charge >= 0.3 is 11.9 Å². The van der Waals surface area contributed by atoms with E-state index in [9.17, 15) is 28.8 Å². The molecule has 3 N–H and O–H groups in total. The lowest BCUT2D eigenvalue weighted by molar-refractivity contribution is -0.144. The number of carboxylic acids is 1. The predicted octanol–water partition coefficient (Wildman–Crippen LogP) is 8.17. The van der Waals surface area contributed by atoms with Gasteiger partial charge in [0, 0.05) is 55.4 Å². The molecule has 0 spiro atoms. The molecule has 0 saturated carbocycles. The van der Waals surface area contributed by atoms with E-state index in [1.165, 1.54) is 31.0 Å². The summed E-state index contributed by atoms with van der Waals surface area (Å²) >= 11 is 11.8. The highest BCUT2D eigenvalue weighted by Crippen LogP contribution is 2.27. The van der Waals surface area contributed by atoms with Crippen LogP contribution in [0.5, 0.6) is 0 Å². The van der Waals surface area contributed by atoms with Crippen LogP contribution in [0.1, 0.15) is 62.7 Å². The van der Waals surface area contributed by atoms with Crippen molar-refractivity contribution in [3.63, 3.8) is 0 Å². The Bertz CT molecular complexity index is 2590. The molecular formula is C43H40Cl2N4O8. The Hall–Kier alpha value is -6.24. The number of aromatic nitrogens is 2. The number of halogens is 2. The number of benzene rings is 4. The lowest BCUT2D eigenvalue weighted by Crippen LogP contribution is -2.28. The van der Waals surface area contributed by atoms with E-state index in [0.29, 0.717) is 43.0 Å². The third kappa shape index (κ3) is 9.42. The third-order valence-electron chi connectivity index (χ3n) is 9.72. The number of amides is 2. The van der Waals surface area contributed by atoms with Crippen molar-refractivity contribution >= 4 is 79.9 Å². The number of anilines is 2. The van der Waals surface area contributed by atoms with E-state index in [-0.39, 0.29) is 17.4 Å². The van der Waals surface area contributed by atoms with Crippen LogP contribution in [-0.4, -0.2) is 45.1 Å². The highest BCUT2D eigenvalue weighted by atomic mass is 35.5. The number of carbonyl (C=O) groups excluding carboxylic acids is 3. The molecule has 0 aliphatic carbocycles. The second kappa shape index (κ2) is 18.1. The first-order valence-electron chi connectivity index (χ1n) is 17.8. The van der Waals surface area contributed by atoms with Gasteiger partial charge in [0.15, 0.2) is 0 Å². The lowest BCUT2D eigenvalue weighted by atomic mass is 10.00. The quantitative estimate of drug-likeness (QED) is 0.117. The molecule has 2 aromatic heterocycles. The zero-order valence-corrected chi connectivity index (χ0v) is 33.2. The Morgan fingerprint density at radius 2 is 0.965 bits per heavy atom. The minimum absolute atomic E-state index is 0.202. The van der Waals surface area contributed by atoms with Crippen LogP contribution in [0.3, 0.4) is 0 Å². The Balaban J connectivity index is 0.000000218. The fraction of sp³-hybridized carbons (Fsp3) is 0.209. The summed E-state index contributed by atoms with van der Waals surface area (Å²) in [4.78, 5) is 73.9. The number of carboxylic acid groups (broad SMARTS) is 1. The second-order valence-corrected chi connectivity index (χ2v) is 14.2. The number of esters is 1. The van der Waals surface area contributed by atoms with Crippen LogP contribution in [0.25, 0.3) is 21.5 Å². The smallest absolute Gasteiger partial charge is 0.328 e. The van der Waals surface area contributed by atoms with E-state index < -0.39 is 41.4 Å². The maximum absolute atomic E-state index is 12.8. The van der Waals surface area contributed by atoms with E-state index >= 15 is 0 Å². The zero-order chi connectivity index (χ0) is 41.6. The number of rotatable bonds is 10. The molecule has 4 atom stereocenters. The van der Waals surface area contributed by atoms with Crippen LogP contribution >= 0.6 is 23.2 Å². The average Bonchev–Trinajstić information content (AvgIpc) is 3.21. The number of nitrogens with one attached hydrogen (secondary N) is 2. The topological polar surface area (TPSA) is 166 Å². The largest absolute Gasteiger partial charge is 0.480 e. The van der Waals surface area contributed by atoms with Gasteiger partial charge in [-0.3, -0.25) is 19.2 Å². The first-order chi connectivity index (χ1) is 27.1. The summed E-state index contributed by atoms with van der Waals surface area (Å²) in [7, 11) is 1.28. The fourth-order valence-corrected chi connectivity index (χ4v) is 6.36. The number of fused-ring (bicyclic) bond motifs is 2. The van der Waals surface area contributed by atoms with Crippen molar-refractivity contribution in [3.05, 3.63) is 151 Å². The predicted molar refractivity (Wildman–Crippen MR) is 222 cm³/mol. The SMILES string of the molecule is COC(=O)[C@@H](C)n1ccc2c(NC(=O)[C@@H](C)c3ccc(Cl)cc3)cccc2c1=O.C[C@H](C(=O)Nc1cccc2c(=O)n([C@H](C)C(=O)O)ccc12)c1ccc(Cl)cc1. The summed E-state index contributed by atoms with van der Waals surface area (Å²) < 4.78 is 7.20. The van der Waals surface area contributed by atoms with Crippen molar-refractivity contribution < 1.29 is 29.0 Å². The van der Waals surface area contributed by atoms with Gasteiger partial charge in [-0.25, -0.2) is 9.59 Å². The van der Waals surface area contributed by atoms with Crippen molar-refractivity contribution in [2.24, 2.45) is 0 Å². The van der Waals surface area contributed by atoms with Crippen LogP contribution in [0.4, 0.5) is 11.4 Å².